The van der Waals surface area contributed by atoms with E-state index in [1.54, 1.807) is 0 Å². The Kier molecular flexibility index (Phi) is 5.17. The molecular weight excluding hydrogens is 232 g/mol. The highest BCUT2D eigenvalue weighted by atomic mass is 32.2. The van der Waals surface area contributed by atoms with Crippen LogP contribution in [0.15, 0.2) is 0 Å². The predicted octanol–water partition coefficient (Wildman–Crippen LogP) is -1.62. The first-order chi connectivity index (χ1) is 7.53. The summed E-state index contributed by atoms with van der Waals surface area (Å²) in [6, 6.07) is 0. The van der Waals surface area contributed by atoms with Gasteiger partial charge in [-0.3, -0.25) is 4.79 Å². The maximum atomic E-state index is 11.6. The molecule has 1 rings (SSSR count). The van der Waals surface area contributed by atoms with Crippen LogP contribution in [-0.2, 0) is 19.4 Å². The van der Waals surface area contributed by atoms with Crippen LogP contribution in [0.1, 0.15) is 0 Å². The SMILES string of the molecule is COCCNC(=O)CS(=O)(=O)CC1CNC1. The summed E-state index contributed by atoms with van der Waals surface area (Å²) in [6.07, 6.45) is 0. The first-order valence-corrected chi connectivity index (χ1v) is 7.02. The second-order valence-electron chi connectivity index (χ2n) is 3.92. The predicted molar refractivity (Wildman–Crippen MR) is 59.9 cm³/mol. The van der Waals surface area contributed by atoms with E-state index in [4.69, 9.17) is 4.74 Å². The van der Waals surface area contributed by atoms with Gasteiger partial charge in [-0.1, -0.05) is 0 Å². The summed E-state index contributed by atoms with van der Waals surface area (Å²) in [5, 5.41) is 5.49. The molecule has 1 aliphatic heterocycles. The van der Waals surface area contributed by atoms with Gasteiger partial charge in [0, 0.05) is 26.7 Å². The van der Waals surface area contributed by atoms with Crippen molar-refractivity contribution in [1.82, 2.24) is 10.6 Å². The van der Waals surface area contributed by atoms with E-state index >= 15 is 0 Å². The van der Waals surface area contributed by atoms with Crippen molar-refractivity contribution >= 4 is 15.7 Å². The molecule has 1 amide bonds. The number of rotatable bonds is 7. The lowest BCUT2D eigenvalue weighted by atomic mass is 10.1. The van der Waals surface area contributed by atoms with Gasteiger partial charge in [-0.15, -0.1) is 0 Å². The van der Waals surface area contributed by atoms with Crippen LogP contribution in [0.4, 0.5) is 0 Å². The van der Waals surface area contributed by atoms with Crippen LogP contribution in [0, 0.1) is 5.92 Å². The quantitative estimate of drug-likeness (QED) is 0.531. The molecule has 0 atom stereocenters. The van der Waals surface area contributed by atoms with Crippen LogP contribution in [0.5, 0.6) is 0 Å². The number of hydrogen-bond acceptors (Lipinski definition) is 5. The largest absolute Gasteiger partial charge is 0.383 e. The molecule has 1 saturated heterocycles. The normalized spacial score (nSPS) is 16.8. The monoisotopic (exact) mass is 250 g/mol. The molecule has 16 heavy (non-hydrogen) atoms. The van der Waals surface area contributed by atoms with Crippen molar-refractivity contribution < 1.29 is 17.9 Å². The minimum absolute atomic E-state index is 0.0949. The number of nitrogens with one attached hydrogen (secondary N) is 2. The van der Waals surface area contributed by atoms with Gasteiger partial charge in [0.15, 0.2) is 9.84 Å². The second kappa shape index (κ2) is 6.17. The molecule has 1 heterocycles. The second-order valence-corrected chi connectivity index (χ2v) is 6.03. The van der Waals surface area contributed by atoms with Crippen LogP contribution < -0.4 is 10.6 Å². The van der Waals surface area contributed by atoms with E-state index in [1.807, 2.05) is 0 Å². The fraction of sp³-hybridized carbons (Fsp3) is 0.889. The van der Waals surface area contributed by atoms with E-state index in [1.165, 1.54) is 7.11 Å². The number of sulfone groups is 1. The molecule has 0 bridgehead atoms. The lowest BCUT2D eigenvalue weighted by Gasteiger charge is -2.26. The Morgan fingerprint density at radius 3 is 2.69 bits per heavy atom. The van der Waals surface area contributed by atoms with Gasteiger partial charge in [-0.2, -0.15) is 0 Å². The lowest BCUT2D eigenvalue weighted by Crippen LogP contribution is -2.46. The Balaban J connectivity index is 2.25. The zero-order valence-electron chi connectivity index (χ0n) is 9.36. The van der Waals surface area contributed by atoms with Crippen molar-refractivity contribution in [2.24, 2.45) is 5.92 Å². The summed E-state index contributed by atoms with van der Waals surface area (Å²) >= 11 is 0. The van der Waals surface area contributed by atoms with Gasteiger partial charge in [0.1, 0.15) is 5.75 Å². The molecule has 0 radical (unpaired) electrons. The third-order valence-corrected chi connectivity index (χ3v) is 4.02. The number of ether oxygens (including phenoxy) is 1. The smallest absolute Gasteiger partial charge is 0.235 e. The molecule has 0 aliphatic carbocycles. The molecule has 0 saturated carbocycles. The van der Waals surface area contributed by atoms with E-state index in [0.717, 1.165) is 13.1 Å². The minimum atomic E-state index is -3.27. The molecule has 1 fully saturated rings. The summed E-state index contributed by atoms with van der Waals surface area (Å²) in [4.78, 5) is 11.3. The summed E-state index contributed by atoms with van der Waals surface area (Å²) < 4.78 is 27.9. The molecule has 1 aliphatic rings. The van der Waals surface area contributed by atoms with Crippen molar-refractivity contribution in [2.45, 2.75) is 0 Å². The van der Waals surface area contributed by atoms with E-state index in [9.17, 15) is 13.2 Å². The van der Waals surface area contributed by atoms with Crippen molar-refractivity contribution in [3.63, 3.8) is 0 Å². The molecule has 94 valence electrons. The summed E-state index contributed by atoms with van der Waals surface area (Å²) in [6.45, 7) is 2.18. The maximum absolute atomic E-state index is 11.6. The molecule has 0 spiro atoms. The molecule has 6 nitrogen and oxygen atoms in total. The van der Waals surface area contributed by atoms with E-state index in [2.05, 4.69) is 10.6 Å². The number of carbonyl (C=O) groups excluding carboxylic acids is 1. The van der Waals surface area contributed by atoms with Crippen molar-refractivity contribution in [1.29, 1.82) is 0 Å². The summed E-state index contributed by atoms with van der Waals surface area (Å²) in [7, 11) is -1.75. The lowest BCUT2D eigenvalue weighted by molar-refractivity contribution is -0.118. The first-order valence-electron chi connectivity index (χ1n) is 5.20. The average Bonchev–Trinajstić information content (AvgIpc) is 2.11. The van der Waals surface area contributed by atoms with E-state index < -0.39 is 21.5 Å². The Morgan fingerprint density at radius 1 is 1.50 bits per heavy atom. The van der Waals surface area contributed by atoms with Crippen LogP contribution in [-0.4, -0.2) is 59.2 Å². The Labute approximate surface area is 95.7 Å². The van der Waals surface area contributed by atoms with Crippen LogP contribution in [0.3, 0.4) is 0 Å². The van der Waals surface area contributed by atoms with Crippen LogP contribution in [0.25, 0.3) is 0 Å². The van der Waals surface area contributed by atoms with Gasteiger partial charge in [0.2, 0.25) is 5.91 Å². The molecule has 7 heteroatoms. The van der Waals surface area contributed by atoms with E-state index in [0.29, 0.717) is 13.2 Å². The number of hydrogen-bond donors (Lipinski definition) is 2. The zero-order valence-corrected chi connectivity index (χ0v) is 10.2. The maximum Gasteiger partial charge on any atom is 0.235 e. The highest BCUT2D eigenvalue weighted by molar-refractivity contribution is 7.92. The molecule has 0 aromatic rings. The first kappa shape index (κ1) is 13.4. The molecule has 2 N–H and O–H groups in total. The summed E-state index contributed by atoms with van der Waals surface area (Å²) in [5.74, 6) is -0.619. The van der Waals surface area contributed by atoms with Gasteiger partial charge in [0.25, 0.3) is 0 Å². The third-order valence-electron chi connectivity index (χ3n) is 2.34. The Bertz CT molecular complexity index is 324. The van der Waals surface area contributed by atoms with Gasteiger partial charge < -0.3 is 15.4 Å². The minimum Gasteiger partial charge on any atom is -0.383 e. The van der Waals surface area contributed by atoms with Crippen molar-refractivity contribution in [3.05, 3.63) is 0 Å². The standard InChI is InChI=1S/C9H18N2O4S/c1-15-3-2-11-9(12)7-16(13,14)6-8-4-10-5-8/h8,10H,2-7H2,1H3,(H,11,12). The van der Waals surface area contributed by atoms with Crippen LogP contribution >= 0.6 is 0 Å². The highest BCUT2D eigenvalue weighted by Gasteiger charge is 2.25. The molecular formula is C9H18N2O4S. The topological polar surface area (TPSA) is 84.5 Å². The van der Waals surface area contributed by atoms with Crippen molar-refractivity contribution in [2.75, 3.05) is 44.9 Å². The fourth-order valence-corrected chi connectivity index (χ4v) is 3.00. The summed E-state index contributed by atoms with van der Waals surface area (Å²) in [5.41, 5.74) is 0. The van der Waals surface area contributed by atoms with Gasteiger partial charge in [0.05, 0.1) is 12.4 Å². The fourth-order valence-electron chi connectivity index (χ4n) is 1.43. The Morgan fingerprint density at radius 2 is 2.19 bits per heavy atom. The molecule has 0 aromatic heterocycles. The third kappa shape index (κ3) is 4.91. The number of methoxy groups -OCH3 is 1. The highest BCUT2D eigenvalue weighted by Crippen LogP contribution is 2.07. The molecule has 0 aromatic carbocycles. The van der Waals surface area contributed by atoms with Crippen LogP contribution in [0.2, 0.25) is 0 Å². The zero-order chi connectivity index (χ0) is 12.0. The van der Waals surface area contributed by atoms with Crippen molar-refractivity contribution in [3.8, 4) is 0 Å². The average molecular weight is 250 g/mol. The van der Waals surface area contributed by atoms with Gasteiger partial charge >= 0.3 is 0 Å². The number of carbonyl (C=O) groups is 1. The van der Waals surface area contributed by atoms with Gasteiger partial charge in [-0.05, 0) is 5.92 Å². The van der Waals surface area contributed by atoms with Gasteiger partial charge in [-0.25, -0.2) is 8.42 Å². The Hall–Kier alpha value is -0.660. The van der Waals surface area contributed by atoms with E-state index in [-0.39, 0.29) is 11.7 Å². The number of amides is 1. The molecule has 0 unspecified atom stereocenters.